The van der Waals surface area contributed by atoms with Crippen LogP contribution in [0, 0.1) is 0 Å². The number of H-pyrrole nitrogens is 1. The van der Waals surface area contributed by atoms with E-state index in [0.29, 0.717) is 5.69 Å². The molecule has 1 aromatic heterocycles. The summed E-state index contributed by atoms with van der Waals surface area (Å²) < 4.78 is 0. The van der Waals surface area contributed by atoms with Gasteiger partial charge in [-0.15, -0.1) is 0 Å². The molecule has 0 radical (unpaired) electrons. The van der Waals surface area contributed by atoms with Crippen LogP contribution < -0.4 is 5.73 Å². The molecule has 0 spiro atoms. The molecule has 1 heterocycles. The second-order valence-corrected chi connectivity index (χ2v) is 5.14. The molecule has 4 N–H and O–H groups in total. The minimum Gasteiger partial charge on any atom is -0.507 e. The van der Waals surface area contributed by atoms with Gasteiger partial charge in [-0.05, 0) is 18.2 Å². The van der Waals surface area contributed by atoms with E-state index in [4.69, 9.17) is 5.73 Å². The number of hydrogen-bond acceptors (Lipinski definition) is 2. The van der Waals surface area contributed by atoms with Gasteiger partial charge in [0.05, 0.1) is 0 Å². The lowest BCUT2D eigenvalue weighted by Crippen LogP contribution is -1.91. The molecular formula is C18H14N2O. The Labute approximate surface area is 121 Å². The van der Waals surface area contributed by atoms with Crippen molar-refractivity contribution in [2.45, 2.75) is 0 Å². The van der Waals surface area contributed by atoms with E-state index < -0.39 is 0 Å². The molecule has 3 nitrogen and oxygen atoms in total. The Kier molecular flexibility index (Phi) is 2.42. The maximum Gasteiger partial charge on any atom is 0.123 e. The van der Waals surface area contributed by atoms with Gasteiger partial charge in [-0.25, -0.2) is 0 Å². The third-order valence-corrected chi connectivity index (χ3v) is 3.91. The number of phenolic OH excluding ortho intramolecular Hbond substituents is 1. The molecule has 0 unspecified atom stereocenters. The summed E-state index contributed by atoms with van der Waals surface area (Å²) in [6.45, 7) is 0. The fourth-order valence-corrected chi connectivity index (χ4v) is 2.91. The average molecular weight is 274 g/mol. The Morgan fingerprint density at radius 3 is 2.38 bits per heavy atom. The molecule has 0 aliphatic carbocycles. The third-order valence-electron chi connectivity index (χ3n) is 3.91. The van der Waals surface area contributed by atoms with Gasteiger partial charge in [-0.2, -0.15) is 0 Å². The predicted octanol–water partition coefficient (Wildman–Crippen LogP) is 4.28. The van der Waals surface area contributed by atoms with Crippen LogP contribution in [0.15, 0.2) is 60.7 Å². The van der Waals surface area contributed by atoms with E-state index in [1.807, 2.05) is 42.5 Å². The summed E-state index contributed by atoms with van der Waals surface area (Å²) in [6.07, 6.45) is 0. The Morgan fingerprint density at radius 2 is 1.52 bits per heavy atom. The molecule has 0 aliphatic rings. The summed E-state index contributed by atoms with van der Waals surface area (Å²) in [5.41, 5.74) is 10.8. The molecule has 0 amide bonds. The highest BCUT2D eigenvalue weighted by Crippen LogP contribution is 2.39. The van der Waals surface area contributed by atoms with Gasteiger partial charge in [0, 0.05) is 38.6 Å². The number of fused-ring (bicyclic) bond motifs is 3. The molecule has 0 aliphatic heterocycles. The zero-order valence-electron chi connectivity index (χ0n) is 11.3. The van der Waals surface area contributed by atoms with E-state index in [1.54, 1.807) is 12.1 Å². The molecule has 3 aromatic carbocycles. The largest absolute Gasteiger partial charge is 0.507 e. The van der Waals surface area contributed by atoms with Crippen molar-refractivity contribution >= 4 is 27.5 Å². The third kappa shape index (κ3) is 1.68. The monoisotopic (exact) mass is 274 g/mol. The Hall–Kier alpha value is -2.94. The van der Waals surface area contributed by atoms with Crippen molar-refractivity contribution in [2.75, 3.05) is 5.73 Å². The normalized spacial score (nSPS) is 11.2. The molecule has 0 saturated carbocycles. The Morgan fingerprint density at radius 1 is 0.762 bits per heavy atom. The van der Waals surface area contributed by atoms with Crippen molar-refractivity contribution in [1.82, 2.24) is 4.98 Å². The fourth-order valence-electron chi connectivity index (χ4n) is 2.91. The van der Waals surface area contributed by atoms with Crippen molar-refractivity contribution in [1.29, 1.82) is 0 Å². The van der Waals surface area contributed by atoms with Gasteiger partial charge in [0.1, 0.15) is 5.75 Å². The number of rotatable bonds is 1. The lowest BCUT2D eigenvalue weighted by molar-refractivity contribution is 0.477. The van der Waals surface area contributed by atoms with Crippen LogP contribution in [0.25, 0.3) is 32.9 Å². The van der Waals surface area contributed by atoms with Crippen LogP contribution in [-0.4, -0.2) is 10.1 Å². The number of aromatic nitrogens is 1. The van der Waals surface area contributed by atoms with Crippen LogP contribution in [-0.2, 0) is 0 Å². The van der Waals surface area contributed by atoms with Gasteiger partial charge in [0.15, 0.2) is 0 Å². The van der Waals surface area contributed by atoms with E-state index >= 15 is 0 Å². The number of anilines is 1. The van der Waals surface area contributed by atoms with Crippen molar-refractivity contribution in [3.05, 3.63) is 60.7 Å². The van der Waals surface area contributed by atoms with E-state index in [9.17, 15) is 5.11 Å². The summed E-state index contributed by atoms with van der Waals surface area (Å²) >= 11 is 0. The minimum atomic E-state index is 0.239. The van der Waals surface area contributed by atoms with Crippen LogP contribution in [0.3, 0.4) is 0 Å². The number of para-hydroxylation sites is 2. The molecule has 102 valence electrons. The first-order valence-electron chi connectivity index (χ1n) is 6.83. The number of nitrogens with one attached hydrogen (secondary N) is 1. The lowest BCUT2D eigenvalue weighted by atomic mass is 9.99. The van der Waals surface area contributed by atoms with Crippen LogP contribution in [0.4, 0.5) is 5.69 Å². The molecule has 3 heteroatoms. The summed E-state index contributed by atoms with van der Waals surface area (Å²) in [6, 6.07) is 19.3. The van der Waals surface area contributed by atoms with E-state index in [0.717, 1.165) is 32.9 Å². The maximum absolute atomic E-state index is 10.1. The molecule has 21 heavy (non-hydrogen) atoms. The highest BCUT2D eigenvalue weighted by molar-refractivity contribution is 6.15. The van der Waals surface area contributed by atoms with E-state index in [2.05, 4.69) is 11.1 Å². The number of benzene rings is 3. The quantitative estimate of drug-likeness (QED) is 0.454. The first-order valence-corrected chi connectivity index (χ1v) is 6.83. The summed E-state index contributed by atoms with van der Waals surface area (Å²) in [4.78, 5) is 3.37. The topological polar surface area (TPSA) is 62.0 Å². The maximum atomic E-state index is 10.1. The van der Waals surface area contributed by atoms with Crippen molar-refractivity contribution < 1.29 is 5.11 Å². The van der Waals surface area contributed by atoms with E-state index in [1.165, 1.54) is 0 Å². The summed E-state index contributed by atoms with van der Waals surface area (Å²) in [5.74, 6) is 0.239. The van der Waals surface area contributed by atoms with Gasteiger partial charge >= 0.3 is 0 Å². The molecule has 0 atom stereocenters. The average Bonchev–Trinajstić information content (AvgIpc) is 2.88. The summed E-state index contributed by atoms with van der Waals surface area (Å²) in [5, 5.41) is 12.2. The first kappa shape index (κ1) is 11.9. The van der Waals surface area contributed by atoms with Crippen LogP contribution >= 0.6 is 0 Å². The van der Waals surface area contributed by atoms with Crippen LogP contribution in [0.5, 0.6) is 5.75 Å². The Balaban J connectivity index is 2.11. The van der Waals surface area contributed by atoms with Gasteiger partial charge in [0.25, 0.3) is 0 Å². The molecule has 0 fully saturated rings. The smallest absolute Gasteiger partial charge is 0.123 e. The van der Waals surface area contributed by atoms with Gasteiger partial charge in [-0.3, -0.25) is 0 Å². The highest BCUT2D eigenvalue weighted by atomic mass is 16.3. The zero-order valence-corrected chi connectivity index (χ0v) is 11.3. The number of aromatic hydroxyl groups is 1. The standard InChI is InChI=1S/C18H14N2O/c19-18-12(11-5-2-4-8-16(11)21)9-10-15-17(18)13-6-1-3-7-14(13)20-15/h1-10,20-21H,19H2. The fraction of sp³-hybridized carbons (Fsp3) is 0. The Bertz CT molecular complexity index is 969. The summed E-state index contributed by atoms with van der Waals surface area (Å²) in [7, 11) is 0. The van der Waals surface area contributed by atoms with Crippen molar-refractivity contribution in [3.63, 3.8) is 0 Å². The molecule has 0 saturated heterocycles. The zero-order chi connectivity index (χ0) is 14.4. The lowest BCUT2D eigenvalue weighted by Gasteiger charge is -2.09. The minimum absolute atomic E-state index is 0.239. The van der Waals surface area contributed by atoms with Crippen LogP contribution in [0.2, 0.25) is 0 Å². The van der Waals surface area contributed by atoms with E-state index in [-0.39, 0.29) is 5.75 Å². The predicted molar refractivity (Wildman–Crippen MR) is 87.3 cm³/mol. The molecule has 4 rings (SSSR count). The highest BCUT2D eigenvalue weighted by Gasteiger charge is 2.13. The van der Waals surface area contributed by atoms with Crippen molar-refractivity contribution in [2.24, 2.45) is 0 Å². The second kappa shape index (κ2) is 4.28. The number of aromatic amines is 1. The number of hydrogen-bond donors (Lipinski definition) is 3. The first-order chi connectivity index (χ1) is 10.3. The number of phenols is 1. The van der Waals surface area contributed by atoms with Gasteiger partial charge in [-0.1, -0.05) is 42.5 Å². The second-order valence-electron chi connectivity index (χ2n) is 5.14. The van der Waals surface area contributed by atoms with Gasteiger partial charge < -0.3 is 15.8 Å². The molecular weight excluding hydrogens is 260 g/mol. The molecule has 0 bridgehead atoms. The number of nitrogens with two attached hydrogens (primary N) is 1. The molecule has 4 aromatic rings. The SMILES string of the molecule is Nc1c(-c2ccccc2O)ccc2[nH]c3ccccc3c12. The van der Waals surface area contributed by atoms with Crippen molar-refractivity contribution in [3.8, 4) is 16.9 Å². The number of nitrogen functional groups attached to an aromatic ring is 1. The van der Waals surface area contributed by atoms with Crippen LogP contribution in [0.1, 0.15) is 0 Å². The van der Waals surface area contributed by atoms with Gasteiger partial charge in [0.2, 0.25) is 0 Å².